The Hall–Kier alpha value is -1.72. The van der Waals surface area contributed by atoms with Crippen molar-refractivity contribution in [1.29, 1.82) is 0 Å². The zero-order valence-corrected chi connectivity index (χ0v) is 7.72. The minimum Gasteiger partial charge on any atom is -0.506 e. The summed E-state index contributed by atoms with van der Waals surface area (Å²) in [5.41, 5.74) is 2.99. The average Bonchev–Trinajstić information content (AvgIpc) is 2.06. The van der Waals surface area contributed by atoms with E-state index in [0.29, 0.717) is 6.07 Å². The van der Waals surface area contributed by atoms with Crippen molar-refractivity contribution in [3.63, 3.8) is 0 Å². The van der Waals surface area contributed by atoms with Gasteiger partial charge in [-0.15, -0.1) is 0 Å². The van der Waals surface area contributed by atoms with E-state index in [1.165, 1.54) is 0 Å². The maximum atomic E-state index is 12.4. The maximum absolute atomic E-state index is 12.4. The standard InChI is InChI=1S/C9H8F3NO2/c1-4(14)5-2-8(15)7(13)3-6(5)9(10,11)12/h2-3,15H,13H2,1H3. The van der Waals surface area contributed by atoms with E-state index in [1.807, 2.05) is 0 Å². The van der Waals surface area contributed by atoms with Gasteiger partial charge in [-0.05, 0) is 19.1 Å². The van der Waals surface area contributed by atoms with E-state index in [0.717, 1.165) is 13.0 Å². The smallest absolute Gasteiger partial charge is 0.417 e. The van der Waals surface area contributed by atoms with Gasteiger partial charge in [-0.2, -0.15) is 13.2 Å². The van der Waals surface area contributed by atoms with E-state index < -0.39 is 34.5 Å². The highest BCUT2D eigenvalue weighted by Gasteiger charge is 2.35. The van der Waals surface area contributed by atoms with Crippen LogP contribution in [0.3, 0.4) is 0 Å². The number of aromatic hydroxyl groups is 1. The van der Waals surface area contributed by atoms with Gasteiger partial charge in [0.05, 0.1) is 11.3 Å². The van der Waals surface area contributed by atoms with Gasteiger partial charge in [-0.25, -0.2) is 0 Å². The number of nitrogen functional groups attached to an aromatic ring is 1. The van der Waals surface area contributed by atoms with Crippen LogP contribution in [-0.4, -0.2) is 10.9 Å². The normalized spacial score (nSPS) is 11.5. The number of anilines is 1. The number of hydrogen-bond acceptors (Lipinski definition) is 3. The van der Waals surface area contributed by atoms with Gasteiger partial charge < -0.3 is 10.8 Å². The molecule has 0 saturated heterocycles. The molecular formula is C9H8F3NO2. The summed E-state index contributed by atoms with van der Waals surface area (Å²) in [6.45, 7) is 0.986. The van der Waals surface area contributed by atoms with Crippen molar-refractivity contribution in [1.82, 2.24) is 0 Å². The molecule has 0 saturated carbocycles. The SMILES string of the molecule is CC(=O)c1cc(O)c(N)cc1C(F)(F)F. The first-order valence-electron chi connectivity index (χ1n) is 3.94. The number of carbonyl (C=O) groups excluding carboxylic acids is 1. The Labute approximate surface area is 83.3 Å². The van der Waals surface area contributed by atoms with Crippen LogP contribution in [0.1, 0.15) is 22.8 Å². The molecule has 1 aromatic carbocycles. The summed E-state index contributed by atoms with van der Waals surface area (Å²) in [4.78, 5) is 10.9. The Morgan fingerprint density at radius 1 is 1.40 bits per heavy atom. The third-order valence-electron chi connectivity index (χ3n) is 1.85. The summed E-state index contributed by atoms with van der Waals surface area (Å²) < 4.78 is 37.3. The summed E-state index contributed by atoms with van der Waals surface area (Å²) in [5.74, 6) is -1.31. The fourth-order valence-electron chi connectivity index (χ4n) is 1.13. The molecule has 1 rings (SSSR count). The molecule has 15 heavy (non-hydrogen) atoms. The Kier molecular flexibility index (Phi) is 2.61. The predicted octanol–water partition coefficient (Wildman–Crippen LogP) is 2.20. The molecule has 3 N–H and O–H groups in total. The number of ketones is 1. The summed E-state index contributed by atoms with van der Waals surface area (Å²) in [6, 6.07) is 1.27. The molecular weight excluding hydrogens is 211 g/mol. The first kappa shape index (κ1) is 11.4. The second-order valence-corrected chi connectivity index (χ2v) is 3.01. The van der Waals surface area contributed by atoms with Crippen LogP contribution in [0.15, 0.2) is 12.1 Å². The Morgan fingerprint density at radius 3 is 2.33 bits per heavy atom. The van der Waals surface area contributed by atoms with Crippen molar-refractivity contribution in [3.8, 4) is 5.75 Å². The second kappa shape index (κ2) is 3.45. The van der Waals surface area contributed by atoms with Crippen LogP contribution in [0.4, 0.5) is 18.9 Å². The fourth-order valence-corrected chi connectivity index (χ4v) is 1.13. The molecule has 82 valence electrons. The van der Waals surface area contributed by atoms with Crippen LogP contribution in [-0.2, 0) is 6.18 Å². The second-order valence-electron chi connectivity index (χ2n) is 3.01. The lowest BCUT2D eigenvalue weighted by Gasteiger charge is -2.12. The van der Waals surface area contributed by atoms with Gasteiger partial charge in [0.2, 0.25) is 0 Å². The maximum Gasteiger partial charge on any atom is 0.417 e. The van der Waals surface area contributed by atoms with Gasteiger partial charge in [0, 0.05) is 5.56 Å². The summed E-state index contributed by atoms with van der Waals surface area (Å²) >= 11 is 0. The molecule has 0 unspecified atom stereocenters. The van der Waals surface area contributed by atoms with E-state index in [2.05, 4.69) is 0 Å². The molecule has 0 bridgehead atoms. The fraction of sp³-hybridized carbons (Fsp3) is 0.222. The van der Waals surface area contributed by atoms with Crippen LogP contribution in [0.25, 0.3) is 0 Å². The Bertz CT molecular complexity index is 413. The molecule has 0 fully saturated rings. The van der Waals surface area contributed by atoms with E-state index in [-0.39, 0.29) is 0 Å². The van der Waals surface area contributed by atoms with E-state index in [9.17, 15) is 18.0 Å². The molecule has 0 amide bonds. The number of halogens is 3. The van der Waals surface area contributed by atoms with Crippen molar-refractivity contribution in [3.05, 3.63) is 23.3 Å². The van der Waals surface area contributed by atoms with E-state index in [4.69, 9.17) is 10.8 Å². The minimum atomic E-state index is -4.66. The largest absolute Gasteiger partial charge is 0.506 e. The first-order chi connectivity index (χ1) is 6.73. The third-order valence-corrected chi connectivity index (χ3v) is 1.85. The van der Waals surface area contributed by atoms with Crippen molar-refractivity contribution >= 4 is 11.5 Å². The zero-order chi connectivity index (χ0) is 11.8. The van der Waals surface area contributed by atoms with Gasteiger partial charge in [-0.3, -0.25) is 4.79 Å². The van der Waals surface area contributed by atoms with Crippen molar-refractivity contribution in [2.45, 2.75) is 13.1 Å². The molecule has 0 aliphatic rings. The molecule has 0 radical (unpaired) electrons. The zero-order valence-electron chi connectivity index (χ0n) is 7.72. The average molecular weight is 219 g/mol. The number of rotatable bonds is 1. The molecule has 1 aromatic rings. The third kappa shape index (κ3) is 2.20. The van der Waals surface area contributed by atoms with Crippen molar-refractivity contribution in [2.75, 3.05) is 5.73 Å². The Balaban J connectivity index is 3.49. The van der Waals surface area contributed by atoms with Crippen LogP contribution in [0, 0.1) is 0 Å². The topological polar surface area (TPSA) is 63.3 Å². The summed E-state index contributed by atoms with van der Waals surface area (Å²) in [7, 11) is 0. The molecule has 0 aromatic heterocycles. The lowest BCUT2D eigenvalue weighted by Crippen LogP contribution is -2.12. The Morgan fingerprint density at radius 2 is 1.93 bits per heavy atom. The molecule has 0 spiro atoms. The number of benzene rings is 1. The van der Waals surface area contributed by atoms with Crippen molar-refractivity contribution in [2.24, 2.45) is 0 Å². The number of hydrogen-bond donors (Lipinski definition) is 2. The lowest BCUT2D eigenvalue weighted by atomic mass is 10.0. The highest BCUT2D eigenvalue weighted by molar-refractivity contribution is 5.96. The van der Waals surface area contributed by atoms with E-state index >= 15 is 0 Å². The molecule has 0 aliphatic heterocycles. The molecule has 0 aliphatic carbocycles. The van der Waals surface area contributed by atoms with Crippen molar-refractivity contribution < 1.29 is 23.1 Å². The van der Waals surface area contributed by atoms with Gasteiger partial charge in [0.1, 0.15) is 5.75 Å². The van der Waals surface area contributed by atoms with E-state index in [1.54, 1.807) is 0 Å². The molecule has 6 heteroatoms. The quantitative estimate of drug-likeness (QED) is 0.432. The number of alkyl halides is 3. The van der Waals surface area contributed by atoms with Crippen LogP contribution < -0.4 is 5.73 Å². The molecule has 0 atom stereocenters. The predicted molar refractivity (Wildman–Crippen MR) is 47.5 cm³/mol. The lowest BCUT2D eigenvalue weighted by molar-refractivity contribution is -0.137. The highest BCUT2D eigenvalue weighted by atomic mass is 19.4. The van der Waals surface area contributed by atoms with Gasteiger partial charge in [-0.1, -0.05) is 0 Å². The summed E-state index contributed by atoms with van der Waals surface area (Å²) in [6.07, 6.45) is -4.66. The number of carbonyl (C=O) groups is 1. The number of nitrogens with two attached hydrogens (primary N) is 1. The number of phenols is 1. The van der Waals surface area contributed by atoms with Gasteiger partial charge in [0.25, 0.3) is 0 Å². The molecule has 0 heterocycles. The van der Waals surface area contributed by atoms with Gasteiger partial charge in [0.15, 0.2) is 5.78 Å². The number of phenolic OH excluding ortho intramolecular Hbond substituents is 1. The monoisotopic (exact) mass is 219 g/mol. The van der Waals surface area contributed by atoms with Crippen LogP contribution in [0.2, 0.25) is 0 Å². The van der Waals surface area contributed by atoms with Gasteiger partial charge >= 0.3 is 6.18 Å². The highest BCUT2D eigenvalue weighted by Crippen LogP contribution is 2.36. The number of Topliss-reactive ketones (excluding diaryl/α,β-unsaturated/α-hetero) is 1. The first-order valence-corrected chi connectivity index (χ1v) is 3.94. The minimum absolute atomic E-state index is 0.410. The van der Waals surface area contributed by atoms with Crippen LogP contribution >= 0.6 is 0 Å². The summed E-state index contributed by atoms with van der Waals surface area (Å²) in [5, 5.41) is 9.09. The molecule has 3 nitrogen and oxygen atoms in total. The van der Waals surface area contributed by atoms with Crippen LogP contribution in [0.5, 0.6) is 5.75 Å².